The van der Waals surface area contributed by atoms with E-state index in [-0.39, 0.29) is 17.2 Å². The topological polar surface area (TPSA) is 112 Å². The Morgan fingerprint density at radius 1 is 1.17 bits per heavy atom. The summed E-state index contributed by atoms with van der Waals surface area (Å²) in [6, 6.07) is 13.1. The first-order chi connectivity index (χ1) is 16.7. The SMILES string of the molecule is CCOC(=O)[C@H](C)N1C(=O)S/C(=C/c2c(C)n(Cc3ccc([N+](=O)[O-])cc3)c3ccccc23)C1=O. The predicted molar refractivity (Wildman–Crippen MR) is 133 cm³/mol. The van der Waals surface area contributed by atoms with Crippen LogP contribution in [0.1, 0.15) is 30.7 Å². The van der Waals surface area contributed by atoms with Crippen molar-refractivity contribution in [3.8, 4) is 0 Å². The second-order valence-corrected chi connectivity index (χ2v) is 9.00. The molecule has 180 valence electrons. The van der Waals surface area contributed by atoms with Gasteiger partial charge in [0, 0.05) is 40.8 Å². The maximum absolute atomic E-state index is 13.0. The van der Waals surface area contributed by atoms with Crippen molar-refractivity contribution in [2.75, 3.05) is 6.61 Å². The molecule has 0 aliphatic carbocycles. The lowest BCUT2D eigenvalue weighted by atomic mass is 10.1. The number of aromatic nitrogens is 1. The Hall–Kier alpha value is -3.92. The zero-order valence-electron chi connectivity index (χ0n) is 19.4. The van der Waals surface area contributed by atoms with E-state index in [1.807, 2.05) is 31.2 Å². The minimum absolute atomic E-state index is 0.0243. The van der Waals surface area contributed by atoms with Gasteiger partial charge in [0.25, 0.3) is 16.8 Å². The number of thioether (sulfide) groups is 1. The summed E-state index contributed by atoms with van der Waals surface area (Å²) < 4.78 is 7.03. The van der Waals surface area contributed by atoms with Crippen LogP contribution < -0.4 is 0 Å². The highest BCUT2D eigenvalue weighted by Gasteiger charge is 2.41. The quantitative estimate of drug-likeness (QED) is 0.199. The van der Waals surface area contributed by atoms with Crippen LogP contribution in [-0.2, 0) is 20.9 Å². The van der Waals surface area contributed by atoms with Crippen molar-refractivity contribution in [2.45, 2.75) is 33.4 Å². The van der Waals surface area contributed by atoms with Gasteiger partial charge in [0.15, 0.2) is 0 Å². The summed E-state index contributed by atoms with van der Waals surface area (Å²) in [5, 5.41) is 11.3. The number of rotatable bonds is 7. The highest BCUT2D eigenvalue weighted by Crippen LogP contribution is 2.37. The van der Waals surface area contributed by atoms with E-state index in [1.54, 1.807) is 25.1 Å². The summed E-state index contributed by atoms with van der Waals surface area (Å²) in [4.78, 5) is 49.4. The van der Waals surface area contributed by atoms with E-state index < -0.39 is 28.1 Å². The van der Waals surface area contributed by atoms with Crippen LogP contribution >= 0.6 is 11.8 Å². The number of hydrogen-bond acceptors (Lipinski definition) is 7. The van der Waals surface area contributed by atoms with Gasteiger partial charge in [-0.2, -0.15) is 0 Å². The number of fused-ring (bicyclic) bond motifs is 1. The normalized spacial score (nSPS) is 15.7. The van der Waals surface area contributed by atoms with Gasteiger partial charge in [-0.25, -0.2) is 4.79 Å². The molecule has 1 aliphatic heterocycles. The van der Waals surface area contributed by atoms with E-state index >= 15 is 0 Å². The summed E-state index contributed by atoms with van der Waals surface area (Å²) in [7, 11) is 0. The van der Waals surface area contributed by atoms with E-state index in [0.717, 1.165) is 44.4 Å². The van der Waals surface area contributed by atoms with Crippen molar-refractivity contribution in [3.05, 3.63) is 80.4 Å². The van der Waals surface area contributed by atoms with Gasteiger partial charge in [-0.3, -0.25) is 24.6 Å². The second kappa shape index (κ2) is 9.75. The first kappa shape index (κ1) is 24.2. The molecule has 0 bridgehead atoms. The van der Waals surface area contributed by atoms with E-state index in [9.17, 15) is 24.5 Å². The Morgan fingerprint density at radius 2 is 1.86 bits per heavy atom. The van der Waals surface area contributed by atoms with Crippen molar-refractivity contribution in [1.82, 2.24) is 9.47 Å². The Morgan fingerprint density at radius 3 is 2.51 bits per heavy atom. The molecule has 2 amide bonds. The lowest BCUT2D eigenvalue weighted by molar-refractivity contribution is -0.384. The number of nitro benzene ring substituents is 1. The molecule has 3 aromatic rings. The van der Waals surface area contributed by atoms with Gasteiger partial charge >= 0.3 is 5.97 Å². The number of amides is 2. The monoisotopic (exact) mass is 493 g/mol. The molecule has 0 unspecified atom stereocenters. The maximum atomic E-state index is 13.0. The van der Waals surface area contributed by atoms with Gasteiger partial charge in [-0.1, -0.05) is 30.3 Å². The van der Waals surface area contributed by atoms with Crippen LogP contribution in [0.15, 0.2) is 53.4 Å². The van der Waals surface area contributed by atoms with Gasteiger partial charge in [0.1, 0.15) is 6.04 Å². The van der Waals surface area contributed by atoms with Crippen LogP contribution in [0.5, 0.6) is 0 Å². The van der Waals surface area contributed by atoms with Gasteiger partial charge < -0.3 is 9.30 Å². The lowest BCUT2D eigenvalue weighted by Gasteiger charge is -2.19. The maximum Gasteiger partial charge on any atom is 0.329 e. The zero-order chi connectivity index (χ0) is 25.3. The Bertz CT molecular complexity index is 1380. The molecule has 1 fully saturated rings. The largest absolute Gasteiger partial charge is 0.464 e. The van der Waals surface area contributed by atoms with Crippen LogP contribution in [0.2, 0.25) is 0 Å². The third kappa shape index (κ3) is 4.57. The molecule has 1 atom stereocenters. The van der Waals surface area contributed by atoms with Crippen LogP contribution in [0, 0.1) is 17.0 Å². The number of esters is 1. The lowest BCUT2D eigenvalue weighted by Crippen LogP contribution is -2.42. The molecule has 9 nitrogen and oxygen atoms in total. The molecule has 0 spiro atoms. The molecule has 0 saturated carbocycles. The highest BCUT2D eigenvalue weighted by molar-refractivity contribution is 8.18. The number of carbonyl (C=O) groups excluding carboxylic acids is 3. The van der Waals surface area contributed by atoms with E-state index in [4.69, 9.17) is 4.74 Å². The number of non-ortho nitro benzene ring substituents is 1. The van der Waals surface area contributed by atoms with Gasteiger partial charge in [0.05, 0.1) is 16.4 Å². The van der Waals surface area contributed by atoms with Crippen molar-refractivity contribution in [1.29, 1.82) is 0 Å². The van der Waals surface area contributed by atoms with Crippen molar-refractivity contribution >= 4 is 51.5 Å². The number of carbonyl (C=O) groups is 3. The zero-order valence-corrected chi connectivity index (χ0v) is 20.2. The first-order valence-corrected chi connectivity index (χ1v) is 11.8. The Balaban J connectivity index is 1.71. The minimum atomic E-state index is -1.02. The fourth-order valence-corrected chi connectivity index (χ4v) is 4.95. The average molecular weight is 494 g/mol. The molecule has 1 saturated heterocycles. The number of ether oxygens (including phenoxy) is 1. The molecule has 4 rings (SSSR count). The number of benzene rings is 2. The molecule has 1 aromatic heterocycles. The third-order valence-corrected chi connectivity index (χ3v) is 6.77. The van der Waals surface area contributed by atoms with Crippen molar-refractivity contribution in [2.24, 2.45) is 0 Å². The third-order valence-electron chi connectivity index (χ3n) is 5.88. The Labute approximate surface area is 205 Å². The minimum Gasteiger partial charge on any atom is -0.464 e. The Kier molecular flexibility index (Phi) is 6.74. The molecule has 2 aromatic carbocycles. The van der Waals surface area contributed by atoms with Crippen LogP contribution in [-0.4, -0.2) is 44.2 Å². The summed E-state index contributed by atoms with van der Waals surface area (Å²) >= 11 is 0.793. The molecular weight excluding hydrogens is 470 g/mol. The fourth-order valence-electron chi connectivity index (χ4n) is 4.06. The van der Waals surface area contributed by atoms with Gasteiger partial charge in [0.2, 0.25) is 0 Å². The first-order valence-electron chi connectivity index (χ1n) is 11.0. The molecular formula is C25H23N3O6S. The number of para-hydroxylation sites is 1. The molecule has 10 heteroatoms. The number of imide groups is 1. The van der Waals surface area contributed by atoms with Crippen LogP contribution in [0.4, 0.5) is 10.5 Å². The van der Waals surface area contributed by atoms with Gasteiger partial charge in [-0.05, 0) is 50.2 Å². The summed E-state index contributed by atoms with van der Waals surface area (Å²) in [6.07, 6.45) is 1.69. The van der Waals surface area contributed by atoms with Crippen LogP contribution in [0.25, 0.3) is 17.0 Å². The number of nitrogens with zero attached hydrogens (tertiary/aromatic N) is 3. The van der Waals surface area contributed by atoms with Crippen molar-refractivity contribution in [3.63, 3.8) is 0 Å². The highest BCUT2D eigenvalue weighted by atomic mass is 32.2. The van der Waals surface area contributed by atoms with E-state index in [1.165, 1.54) is 19.1 Å². The number of nitro groups is 1. The standard InChI is InChI=1S/C25H23N3O6S/c1-4-34-24(30)16(3)27-23(29)22(35-25(27)31)13-20-15(2)26(21-8-6-5-7-19(20)21)14-17-9-11-18(12-10-17)28(32)33/h5-13,16H,4,14H2,1-3H3/b22-13+/t16-/m0/s1. The summed E-state index contributed by atoms with van der Waals surface area (Å²) in [5.74, 6) is -1.17. The van der Waals surface area contributed by atoms with Crippen molar-refractivity contribution < 1.29 is 24.0 Å². The predicted octanol–water partition coefficient (Wildman–Crippen LogP) is 4.89. The van der Waals surface area contributed by atoms with E-state index in [2.05, 4.69) is 4.57 Å². The molecule has 0 N–H and O–H groups in total. The number of hydrogen-bond donors (Lipinski definition) is 0. The summed E-state index contributed by atoms with van der Waals surface area (Å²) in [6.45, 7) is 5.68. The van der Waals surface area contributed by atoms with Crippen LogP contribution in [0.3, 0.4) is 0 Å². The smallest absolute Gasteiger partial charge is 0.329 e. The second-order valence-electron chi connectivity index (χ2n) is 8.01. The summed E-state index contributed by atoms with van der Waals surface area (Å²) in [5.41, 5.74) is 3.49. The van der Waals surface area contributed by atoms with Gasteiger partial charge in [-0.15, -0.1) is 0 Å². The molecule has 2 heterocycles. The molecule has 35 heavy (non-hydrogen) atoms. The fraction of sp³-hybridized carbons (Fsp3) is 0.240. The molecule has 1 aliphatic rings. The average Bonchev–Trinajstić information content (AvgIpc) is 3.26. The molecule has 0 radical (unpaired) electrons. The van der Waals surface area contributed by atoms with E-state index in [0.29, 0.717) is 6.54 Å².